The zero-order valence-electron chi connectivity index (χ0n) is 14.9. The maximum atomic E-state index is 12.7. The molecule has 1 aliphatic rings. The van der Waals surface area contributed by atoms with Crippen LogP contribution in [-0.4, -0.2) is 47.0 Å². The van der Waals surface area contributed by atoms with Gasteiger partial charge in [-0.1, -0.05) is 17.7 Å². The first-order valence-corrected chi connectivity index (χ1v) is 9.83. The van der Waals surface area contributed by atoms with Gasteiger partial charge in [-0.2, -0.15) is 4.98 Å². The Kier molecular flexibility index (Phi) is 5.33. The predicted molar refractivity (Wildman–Crippen MR) is 96.8 cm³/mol. The Hall–Kier alpha value is -2.27. The number of ether oxygens (including phenoxy) is 1. The van der Waals surface area contributed by atoms with Crippen molar-refractivity contribution in [3.63, 3.8) is 0 Å². The Morgan fingerprint density at radius 1 is 1.30 bits per heavy atom. The summed E-state index contributed by atoms with van der Waals surface area (Å²) in [6.45, 7) is 3.00. The van der Waals surface area contributed by atoms with Crippen molar-refractivity contribution in [1.82, 2.24) is 9.55 Å². The van der Waals surface area contributed by atoms with Crippen LogP contribution in [0.5, 0.6) is 0 Å². The molecule has 2 heterocycles. The van der Waals surface area contributed by atoms with Crippen molar-refractivity contribution in [2.75, 3.05) is 11.3 Å². The molecule has 27 heavy (non-hydrogen) atoms. The Morgan fingerprint density at radius 2 is 1.96 bits per heavy atom. The number of aliphatic hydroxyl groups excluding tert-OH is 2. The number of aromatic nitrogens is 2. The quantitative estimate of drug-likeness (QED) is 0.664. The normalized spacial score (nSPS) is 22.7. The molecule has 0 amide bonds. The van der Waals surface area contributed by atoms with Gasteiger partial charge in [-0.15, -0.1) is 0 Å². The first kappa shape index (κ1) is 19.5. The van der Waals surface area contributed by atoms with Gasteiger partial charge in [-0.3, -0.25) is 9.36 Å². The van der Waals surface area contributed by atoms with Gasteiger partial charge in [0.2, 0.25) is 5.95 Å². The maximum absolute atomic E-state index is 12.7. The Morgan fingerprint density at radius 3 is 2.56 bits per heavy atom. The van der Waals surface area contributed by atoms with Crippen LogP contribution in [0.3, 0.4) is 0 Å². The molecule has 0 radical (unpaired) electrons. The molecule has 0 aliphatic carbocycles. The summed E-state index contributed by atoms with van der Waals surface area (Å²) in [5.74, 6) is -0.220. The standard InChI is InChI=1S/C17H21N3O6S/c1-10-3-5-12(6-4-10)27(24,25)19-17-18-16(23)11(2)8-20(17)15-7-13(22)14(9-21)26-15/h3-6,8,13-15,21-22H,7,9H2,1-2H3,(H,18,19,23)/t13-,14+,15+/m0/s1. The van der Waals surface area contributed by atoms with Crippen LogP contribution in [0.2, 0.25) is 0 Å². The highest BCUT2D eigenvalue weighted by molar-refractivity contribution is 7.92. The molecular formula is C17H21N3O6S. The fourth-order valence-corrected chi connectivity index (χ4v) is 3.81. The molecule has 3 atom stereocenters. The van der Waals surface area contributed by atoms with Crippen molar-refractivity contribution in [2.24, 2.45) is 0 Å². The monoisotopic (exact) mass is 395 g/mol. The van der Waals surface area contributed by atoms with Gasteiger partial charge in [0.1, 0.15) is 12.3 Å². The molecule has 1 aromatic carbocycles. The zero-order valence-corrected chi connectivity index (χ0v) is 15.7. The summed E-state index contributed by atoms with van der Waals surface area (Å²) < 4.78 is 34.6. The summed E-state index contributed by atoms with van der Waals surface area (Å²) in [7, 11) is -3.98. The number of nitrogens with zero attached hydrogens (tertiary/aromatic N) is 2. The Labute approximate surface area is 156 Å². The number of anilines is 1. The summed E-state index contributed by atoms with van der Waals surface area (Å²) in [5, 5.41) is 19.2. The molecule has 1 fully saturated rings. The Bertz CT molecular complexity index is 987. The number of rotatable bonds is 5. The number of sulfonamides is 1. The topological polar surface area (TPSA) is 131 Å². The van der Waals surface area contributed by atoms with Crippen molar-refractivity contribution < 1.29 is 23.4 Å². The molecular weight excluding hydrogens is 374 g/mol. The van der Waals surface area contributed by atoms with E-state index in [1.165, 1.54) is 22.9 Å². The molecule has 0 saturated carbocycles. The molecule has 2 aromatic rings. The van der Waals surface area contributed by atoms with E-state index in [1.807, 2.05) is 6.92 Å². The molecule has 146 valence electrons. The van der Waals surface area contributed by atoms with E-state index in [2.05, 4.69) is 9.71 Å². The van der Waals surface area contributed by atoms with Gasteiger partial charge in [0.25, 0.3) is 15.6 Å². The van der Waals surface area contributed by atoms with Crippen molar-refractivity contribution in [3.8, 4) is 0 Å². The third kappa shape index (κ3) is 4.03. The summed E-state index contributed by atoms with van der Waals surface area (Å²) in [6, 6.07) is 6.22. The molecule has 0 unspecified atom stereocenters. The molecule has 10 heteroatoms. The number of nitrogens with one attached hydrogen (secondary N) is 1. The largest absolute Gasteiger partial charge is 0.394 e. The van der Waals surface area contributed by atoms with Gasteiger partial charge in [-0.25, -0.2) is 13.1 Å². The number of hydrogen-bond donors (Lipinski definition) is 3. The van der Waals surface area contributed by atoms with E-state index >= 15 is 0 Å². The first-order valence-electron chi connectivity index (χ1n) is 8.35. The maximum Gasteiger partial charge on any atom is 0.277 e. The van der Waals surface area contributed by atoms with Crippen LogP contribution in [0.15, 0.2) is 40.2 Å². The van der Waals surface area contributed by atoms with E-state index in [9.17, 15) is 23.4 Å². The second-order valence-electron chi connectivity index (χ2n) is 6.49. The summed E-state index contributed by atoms with van der Waals surface area (Å²) in [6.07, 6.45) is -0.953. The molecule has 3 N–H and O–H groups in total. The number of benzene rings is 1. The lowest BCUT2D eigenvalue weighted by Gasteiger charge is -2.20. The Balaban J connectivity index is 1.99. The zero-order chi connectivity index (χ0) is 19.8. The molecule has 1 saturated heterocycles. The second-order valence-corrected chi connectivity index (χ2v) is 8.18. The second kappa shape index (κ2) is 7.39. The smallest absolute Gasteiger partial charge is 0.277 e. The van der Waals surface area contributed by atoms with Crippen LogP contribution in [0.4, 0.5) is 5.95 Å². The molecule has 1 aromatic heterocycles. The fraction of sp³-hybridized carbons (Fsp3) is 0.412. The first-order chi connectivity index (χ1) is 12.7. The third-order valence-electron chi connectivity index (χ3n) is 4.37. The van der Waals surface area contributed by atoms with Crippen LogP contribution >= 0.6 is 0 Å². The third-order valence-corrected chi connectivity index (χ3v) is 5.72. The van der Waals surface area contributed by atoms with E-state index in [-0.39, 0.29) is 23.9 Å². The summed E-state index contributed by atoms with van der Waals surface area (Å²) in [5.41, 5.74) is 0.617. The van der Waals surface area contributed by atoms with Crippen molar-refractivity contribution >= 4 is 16.0 Å². The number of hydrogen-bond acceptors (Lipinski definition) is 7. The van der Waals surface area contributed by atoms with Crippen LogP contribution in [0.25, 0.3) is 0 Å². The lowest BCUT2D eigenvalue weighted by atomic mass is 10.2. The van der Waals surface area contributed by atoms with E-state index in [0.29, 0.717) is 5.56 Å². The van der Waals surface area contributed by atoms with Crippen LogP contribution < -0.4 is 10.3 Å². The van der Waals surface area contributed by atoms with Crippen molar-refractivity contribution in [1.29, 1.82) is 0 Å². The van der Waals surface area contributed by atoms with Gasteiger partial charge in [0.15, 0.2) is 0 Å². The molecule has 1 aliphatic heterocycles. The molecule has 3 rings (SSSR count). The van der Waals surface area contributed by atoms with Crippen LogP contribution in [0, 0.1) is 13.8 Å². The lowest BCUT2D eigenvalue weighted by Crippen LogP contribution is -2.26. The average Bonchev–Trinajstić information content (AvgIpc) is 2.98. The minimum absolute atomic E-state index is 0.0232. The minimum atomic E-state index is -3.98. The van der Waals surface area contributed by atoms with Gasteiger partial charge < -0.3 is 14.9 Å². The van der Waals surface area contributed by atoms with Gasteiger partial charge in [0, 0.05) is 18.2 Å². The lowest BCUT2D eigenvalue weighted by molar-refractivity contribution is -0.0440. The minimum Gasteiger partial charge on any atom is -0.394 e. The van der Waals surface area contributed by atoms with Gasteiger partial charge in [0.05, 0.1) is 17.6 Å². The van der Waals surface area contributed by atoms with Crippen molar-refractivity contribution in [2.45, 2.75) is 43.6 Å². The average molecular weight is 395 g/mol. The highest BCUT2D eigenvalue weighted by atomic mass is 32.2. The van der Waals surface area contributed by atoms with Crippen LogP contribution in [0.1, 0.15) is 23.8 Å². The SMILES string of the molecule is Cc1ccc(S(=O)(=O)Nc2nc(=O)c(C)cn2[C@H]2C[C@H](O)[C@@H](CO)O2)cc1. The van der Waals surface area contributed by atoms with Gasteiger partial charge in [-0.05, 0) is 26.0 Å². The highest BCUT2D eigenvalue weighted by Gasteiger charge is 2.35. The molecule has 9 nitrogen and oxygen atoms in total. The summed E-state index contributed by atoms with van der Waals surface area (Å²) >= 11 is 0. The van der Waals surface area contributed by atoms with E-state index in [1.54, 1.807) is 19.1 Å². The van der Waals surface area contributed by atoms with Gasteiger partial charge >= 0.3 is 0 Å². The molecule has 0 bridgehead atoms. The van der Waals surface area contributed by atoms with E-state index in [4.69, 9.17) is 4.74 Å². The van der Waals surface area contributed by atoms with E-state index < -0.39 is 34.0 Å². The molecule has 0 spiro atoms. The predicted octanol–water partition coefficient (Wildman–Crippen LogP) is 0.302. The highest BCUT2D eigenvalue weighted by Crippen LogP contribution is 2.30. The van der Waals surface area contributed by atoms with E-state index in [0.717, 1.165) is 5.56 Å². The number of aryl methyl sites for hydroxylation is 2. The van der Waals surface area contributed by atoms with Crippen LogP contribution in [-0.2, 0) is 14.8 Å². The fourth-order valence-electron chi connectivity index (χ4n) is 2.81. The summed E-state index contributed by atoms with van der Waals surface area (Å²) in [4.78, 5) is 15.8. The number of aliphatic hydroxyl groups is 2. The van der Waals surface area contributed by atoms with Crippen molar-refractivity contribution in [3.05, 3.63) is 51.9 Å².